The summed E-state index contributed by atoms with van der Waals surface area (Å²) in [4.78, 5) is 24.1. The quantitative estimate of drug-likeness (QED) is 0.540. The predicted molar refractivity (Wildman–Crippen MR) is 107 cm³/mol. The van der Waals surface area contributed by atoms with Crippen LogP contribution in [-0.4, -0.2) is 31.9 Å². The molecular formula is C21H25N3O4. The topological polar surface area (TPSA) is 89.0 Å². The number of alkyl carbamates (subject to hydrolysis) is 1. The molecule has 2 rings (SSSR count). The molecule has 0 spiro atoms. The lowest BCUT2D eigenvalue weighted by Crippen LogP contribution is -2.33. The second-order valence-corrected chi connectivity index (χ2v) is 6.05. The van der Waals surface area contributed by atoms with Crippen LogP contribution in [0.5, 0.6) is 5.75 Å². The zero-order valence-corrected chi connectivity index (χ0v) is 16.3. The second kappa shape index (κ2) is 10.7. The first-order chi connectivity index (χ1) is 13.5. The molecule has 0 fully saturated rings. The van der Waals surface area contributed by atoms with Gasteiger partial charge in [-0.3, -0.25) is 4.79 Å². The van der Waals surface area contributed by atoms with Gasteiger partial charge < -0.3 is 14.8 Å². The van der Waals surface area contributed by atoms with Gasteiger partial charge in [0.05, 0.1) is 32.4 Å². The minimum atomic E-state index is -0.568. The van der Waals surface area contributed by atoms with Crippen LogP contribution in [0.3, 0.4) is 0 Å². The Balaban J connectivity index is 1.98. The smallest absolute Gasteiger partial charge is 0.407 e. The summed E-state index contributed by atoms with van der Waals surface area (Å²) in [5.74, 6) is 0.462. The lowest BCUT2D eigenvalue weighted by molar-refractivity contribution is -0.121. The van der Waals surface area contributed by atoms with Gasteiger partial charge in [-0.25, -0.2) is 10.2 Å². The Morgan fingerprint density at radius 3 is 2.57 bits per heavy atom. The van der Waals surface area contributed by atoms with E-state index >= 15 is 0 Å². The summed E-state index contributed by atoms with van der Waals surface area (Å²) < 4.78 is 10.1. The van der Waals surface area contributed by atoms with Crippen LogP contribution < -0.4 is 15.5 Å². The van der Waals surface area contributed by atoms with Gasteiger partial charge in [-0.05, 0) is 48.7 Å². The number of aryl methyl sites for hydroxylation is 1. The number of carbonyl (C=O) groups excluding carboxylic acids is 2. The van der Waals surface area contributed by atoms with Gasteiger partial charge in [0.1, 0.15) is 5.75 Å². The van der Waals surface area contributed by atoms with Crippen molar-refractivity contribution in [2.75, 3.05) is 13.7 Å². The summed E-state index contributed by atoms with van der Waals surface area (Å²) in [5.41, 5.74) is 5.11. The summed E-state index contributed by atoms with van der Waals surface area (Å²) >= 11 is 0. The first kappa shape index (κ1) is 21.0. The monoisotopic (exact) mass is 383 g/mol. The summed E-state index contributed by atoms with van der Waals surface area (Å²) in [6, 6.07) is 14.3. The number of hydrazone groups is 1. The van der Waals surface area contributed by atoms with Crippen molar-refractivity contribution in [3.63, 3.8) is 0 Å². The van der Waals surface area contributed by atoms with Crippen LogP contribution in [0, 0.1) is 6.92 Å². The van der Waals surface area contributed by atoms with E-state index in [1.54, 1.807) is 20.2 Å². The third-order valence-corrected chi connectivity index (χ3v) is 3.98. The van der Waals surface area contributed by atoms with Crippen LogP contribution in [0.2, 0.25) is 0 Å². The van der Waals surface area contributed by atoms with Crippen molar-refractivity contribution in [2.45, 2.75) is 26.3 Å². The summed E-state index contributed by atoms with van der Waals surface area (Å²) in [6.45, 7) is 3.91. The average Bonchev–Trinajstić information content (AvgIpc) is 2.68. The SMILES string of the molecule is CCOC(=O)N[C@@H](CC(=O)N/N=C\c1ccc(OC)c(C)c1)c1ccccc1. The van der Waals surface area contributed by atoms with Crippen molar-refractivity contribution in [3.8, 4) is 5.75 Å². The van der Waals surface area contributed by atoms with Gasteiger partial charge in [0.2, 0.25) is 5.91 Å². The lowest BCUT2D eigenvalue weighted by Gasteiger charge is -2.18. The number of amides is 2. The molecule has 0 aliphatic carbocycles. The van der Waals surface area contributed by atoms with E-state index in [1.165, 1.54) is 0 Å². The van der Waals surface area contributed by atoms with Crippen molar-refractivity contribution in [2.24, 2.45) is 5.10 Å². The van der Waals surface area contributed by atoms with Crippen LogP contribution in [0.15, 0.2) is 53.6 Å². The number of ether oxygens (including phenoxy) is 2. The third-order valence-electron chi connectivity index (χ3n) is 3.98. The zero-order chi connectivity index (χ0) is 20.4. The Morgan fingerprint density at radius 1 is 1.18 bits per heavy atom. The number of nitrogens with zero attached hydrogens (tertiary/aromatic N) is 1. The minimum absolute atomic E-state index is 0.0296. The number of carbonyl (C=O) groups is 2. The van der Waals surface area contributed by atoms with Crippen molar-refractivity contribution < 1.29 is 19.1 Å². The summed E-state index contributed by atoms with van der Waals surface area (Å²) in [7, 11) is 1.61. The molecule has 0 aromatic heterocycles. The third kappa shape index (κ3) is 6.42. The van der Waals surface area contributed by atoms with E-state index in [1.807, 2.05) is 55.5 Å². The number of hydrogen-bond donors (Lipinski definition) is 2. The molecule has 2 N–H and O–H groups in total. The van der Waals surface area contributed by atoms with E-state index in [0.717, 1.165) is 22.4 Å². The normalized spacial score (nSPS) is 11.7. The highest BCUT2D eigenvalue weighted by molar-refractivity contribution is 5.83. The van der Waals surface area contributed by atoms with Gasteiger partial charge in [-0.1, -0.05) is 30.3 Å². The van der Waals surface area contributed by atoms with Gasteiger partial charge in [-0.2, -0.15) is 5.10 Å². The fourth-order valence-corrected chi connectivity index (χ4v) is 2.64. The molecular weight excluding hydrogens is 358 g/mol. The molecule has 28 heavy (non-hydrogen) atoms. The minimum Gasteiger partial charge on any atom is -0.496 e. The van der Waals surface area contributed by atoms with E-state index in [2.05, 4.69) is 15.8 Å². The molecule has 7 nitrogen and oxygen atoms in total. The molecule has 0 aliphatic rings. The van der Waals surface area contributed by atoms with Gasteiger partial charge >= 0.3 is 6.09 Å². The lowest BCUT2D eigenvalue weighted by atomic mass is 10.0. The number of rotatable bonds is 8. The maximum atomic E-state index is 12.3. The highest BCUT2D eigenvalue weighted by Crippen LogP contribution is 2.18. The second-order valence-electron chi connectivity index (χ2n) is 6.05. The first-order valence-corrected chi connectivity index (χ1v) is 8.98. The highest BCUT2D eigenvalue weighted by Gasteiger charge is 2.18. The molecule has 148 valence electrons. The molecule has 2 amide bonds. The standard InChI is InChI=1S/C21H25N3O4/c1-4-28-21(26)23-18(17-8-6-5-7-9-17)13-20(25)24-22-14-16-10-11-19(27-3)15(2)12-16/h5-12,14,18H,4,13H2,1-3H3,(H,23,26)(H,24,25)/b22-14-/t18-/m0/s1. The number of benzene rings is 2. The number of methoxy groups -OCH3 is 1. The van der Waals surface area contributed by atoms with Crippen LogP contribution in [0.4, 0.5) is 4.79 Å². The van der Waals surface area contributed by atoms with E-state index in [9.17, 15) is 9.59 Å². The molecule has 0 radical (unpaired) electrons. The average molecular weight is 383 g/mol. The molecule has 0 heterocycles. The Morgan fingerprint density at radius 2 is 1.93 bits per heavy atom. The molecule has 2 aromatic carbocycles. The van der Waals surface area contributed by atoms with E-state index in [4.69, 9.17) is 9.47 Å². The van der Waals surface area contributed by atoms with Crippen LogP contribution in [0.1, 0.15) is 36.1 Å². The van der Waals surface area contributed by atoms with Crippen molar-refractivity contribution >= 4 is 18.2 Å². The first-order valence-electron chi connectivity index (χ1n) is 8.98. The van der Waals surface area contributed by atoms with Gasteiger partial charge in [0.25, 0.3) is 0 Å². The molecule has 2 aromatic rings. The van der Waals surface area contributed by atoms with Crippen LogP contribution in [-0.2, 0) is 9.53 Å². The van der Waals surface area contributed by atoms with E-state index in [-0.39, 0.29) is 18.9 Å². The van der Waals surface area contributed by atoms with Gasteiger partial charge in [-0.15, -0.1) is 0 Å². The van der Waals surface area contributed by atoms with E-state index in [0.29, 0.717) is 0 Å². The molecule has 7 heteroatoms. The summed E-state index contributed by atoms with van der Waals surface area (Å²) in [5, 5.41) is 6.70. The Bertz CT molecular complexity index is 822. The van der Waals surface area contributed by atoms with Crippen molar-refractivity contribution in [1.82, 2.24) is 10.7 Å². The van der Waals surface area contributed by atoms with Crippen molar-refractivity contribution in [1.29, 1.82) is 0 Å². The fourth-order valence-electron chi connectivity index (χ4n) is 2.64. The van der Waals surface area contributed by atoms with Gasteiger partial charge in [0, 0.05) is 0 Å². The highest BCUT2D eigenvalue weighted by atomic mass is 16.5. The summed E-state index contributed by atoms with van der Waals surface area (Å²) in [6.07, 6.45) is 1.02. The van der Waals surface area contributed by atoms with Crippen LogP contribution in [0.25, 0.3) is 0 Å². The Labute approximate surface area is 164 Å². The predicted octanol–water partition coefficient (Wildman–Crippen LogP) is 3.33. The molecule has 0 aliphatic heterocycles. The maximum absolute atomic E-state index is 12.3. The molecule has 0 saturated carbocycles. The fraction of sp³-hybridized carbons (Fsp3) is 0.286. The molecule has 0 unspecified atom stereocenters. The number of nitrogens with one attached hydrogen (secondary N) is 2. The maximum Gasteiger partial charge on any atom is 0.407 e. The zero-order valence-electron chi connectivity index (χ0n) is 16.3. The Kier molecular flexibility index (Phi) is 8.02. The number of hydrogen-bond acceptors (Lipinski definition) is 5. The van der Waals surface area contributed by atoms with E-state index < -0.39 is 12.1 Å². The largest absolute Gasteiger partial charge is 0.496 e. The molecule has 1 atom stereocenters. The van der Waals surface area contributed by atoms with Crippen LogP contribution >= 0.6 is 0 Å². The molecule has 0 saturated heterocycles. The van der Waals surface area contributed by atoms with Gasteiger partial charge in [0.15, 0.2) is 0 Å². The Hall–Kier alpha value is -3.35. The van der Waals surface area contributed by atoms with Crippen molar-refractivity contribution in [3.05, 3.63) is 65.2 Å². The molecule has 0 bridgehead atoms.